The highest BCUT2D eigenvalue weighted by molar-refractivity contribution is 7.89. The van der Waals surface area contributed by atoms with Gasteiger partial charge in [0.15, 0.2) is 5.76 Å². The molecule has 2 rings (SSSR count). The zero-order valence-electron chi connectivity index (χ0n) is 12.3. The molecule has 2 N–H and O–H groups in total. The summed E-state index contributed by atoms with van der Waals surface area (Å²) >= 11 is 0. The van der Waals surface area contributed by atoms with Gasteiger partial charge in [-0.1, -0.05) is 12.1 Å². The van der Waals surface area contributed by atoms with Crippen LogP contribution in [0.1, 0.15) is 44.1 Å². The predicted octanol–water partition coefficient (Wildman–Crippen LogP) is 1.60. The van der Waals surface area contributed by atoms with Crippen LogP contribution in [0, 0.1) is 19.8 Å². The molecule has 1 heterocycles. The number of aliphatic carboxylic acids is 1. The minimum atomic E-state index is -3.99. The van der Waals surface area contributed by atoms with Gasteiger partial charge >= 0.3 is 5.97 Å². The summed E-state index contributed by atoms with van der Waals surface area (Å²) in [5, 5.41) is 13.1. The molecule has 0 amide bonds. The van der Waals surface area contributed by atoms with Crippen LogP contribution in [-0.4, -0.2) is 30.2 Å². The molecule has 1 aromatic heterocycles. The van der Waals surface area contributed by atoms with E-state index in [1.54, 1.807) is 0 Å². The van der Waals surface area contributed by atoms with E-state index in [0.717, 1.165) is 0 Å². The Morgan fingerprint density at radius 3 is 2.38 bits per heavy atom. The topological polar surface area (TPSA) is 110 Å². The lowest BCUT2D eigenvalue weighted by molar-refractivity contribution is -0.145. The third-order valence-corrected chi connectivity index (χ3v) is 5.88. The largest absolute Gasteiger partial charge is 0.480 e. The first-order valence-electron chi connectivity index (χ1n) is 6.88. The Bertz CT molecular complexity index is 622. The Hall–Kier alpha value is -1.41. The molecule has 0 radical (unpaired) electrons. The van der Waals surface area contributed by atoms with E-state index in [9.17, 15) is 18.3 Å². The standard InChI is InChI=1S/C13H20N2O5S/c1-8-4-6-13(7-5-8,12(16)17)15-21(18,19)11-9(2)14-20-10(11)3/h8,15H,4-7H2,1-3H3,(H,16,17). The molecular weight excluding hydrogens is 296 g/mol. The van der Waals surface area contributed by atoms with Crippen molar-refractivity contribution in [2.45, 2.75) is 56.9 Å². The Kier molecular flexibility index (Phi) is 4.12. The van der Waals surface area contributed by atoms with Crippen LogP contribution in [0.2, 0.25) is 0 Å². The number of nitrogens with one attached hydrogen (secondary N) is 1. The van der Waals surface area contributed by atoms with Gasteiger partial charge < -0.3 is 9.63 Å². The van der Waals surface area contributed by atoms with Crippen LogP contribution in [0.15, 0.2) is 9.42 Å². The fourth-order valence-electron chi connectivity index (χ4n) is 2.78. The second-order valence-corrected chi connectivity index (χ2v) is 7.45. The molecule has 1 aliphatic rings. The summed E-state index contributed by atoms with van der Waals surface area (Å²) in [5.41, 5.74) is -1.22. The number of aryl methyl sites for hydroxylation is 2. The first-order chi connectivity index (χ1) is 9.68. The van der Waals surface area contributed by atoms with E-state index in [0.29, 0.717) is 18.8 Å². The van der Waals surface area contributed by atoms with Crippen LogP contribution in [0.5, 0.6) is 0 Å². The molecule has 1 saturated carbocycles. The highest BCUT2D eigenvalue weighted by Crippen LogP contribution is 2.34. The number of carbonyl (C=O) groups is 1. The van der Waals surface area contributed by atoms with Crippen molar-refractivity contribution in [3.63, 3.8) is 0 Å². The summed E-state index contributed by atoms with van der Waals surface area (Å²) in [6, 6.07) is 0. The molecule has 1 aliphatic carbocycles. The van der Waals surface area contributed by atoms with Crippen LogP contribution in [0.25, 0.3) is 0 Å². The fourth-order valence-corrected chi connectivity index (χ4v) is 4.53. The zero-order valence-corrected chi connectivity index (χ0v) is 13.2. The van der Waals surface area contributed by atoms with Crippen LogP contribution >= 0.6 is 0 Å². The summed E-state index contributed by atoms with van der Waals surface area (Å²) in [6.45, 7) is 5.04. The van der Waals surface area contributed by atoms with Crippen molar-refractivity contribution in [3.8, 4) is 0 Å². The average Bonchev–Trinajstić information content (AvgIpc) is 2.72. The van der Waals surface area contributed by atoms with Crippen LogP contribution in [-0.2, 0) is 14.8 Å². The third kappa shape index (κ3) is 2.96. The molecule has 0 atom stereocenters. The van der Waals surface area contributed by atoms with Gasteiger partial charge in [0.2, 0.25) is 10.0 Å². The molecule has 0 saturated heterocycles. The molecular formula is C13H20N2O5S. The summed E-state index contributed by atoms with van der Waals surface area (Å²) < 4.78 is 32.3. The number of sulfonamides is 1. The number of aromatic nitrogens is 1. The van der Waals surface area contributed by atoms with Gasteiger partial charge in [0, 0.05) is 0 Å². The second-order valence-electron chi connectivity index (χ2n) is 5.83. The highest BCUT2D eigenvalue weighted by atomic mass is 32.2. The number of nitrogens with zero attached hydrogens (tertiary/aromatic N) is 1. The second kappa shape index (κ2) is 5.42. The van der Waals surface area contributed by atoms with Gasteiger partial charge in [-0.15, -0.1) is 0 Å². The van der Waals surface area contributed by atoms with Crippen LogP contribution in [0.4, 0.5) is 0 Å². The first kappa shape index (κ1) is 16.0. The van der Waals surface area contributed by atoms with Gasteiger partial charge in [-0.25, -0.2) is 8.42 Å². The monoisotopic (exact) mass is 316 g/mol. The number of hydrogen-bond donors (Lipinski definition) is 2. The lowest BCUT2D eigenvalue weighted by Gasteiger charge is -2.35. The van der Waals surface area contributed by atoms with Crippen molar-refractivity contribution in [1.82, 2.24) is 9.88 Å². The van der Waals surface area contributed by atoms with Crippen molar-refractivity contribution in [2.24, 2.45) is 5.92 Å². The van der Waals surface area contributed by atoms with Crippen molar-refractivity contribution in [2.75, 3.05) is 0 Å². The van der Waals surface area contributed by atoms with Gasteiger partial charge in [-0.05, 0) is 45.4 Å². The van der Waals surface area contributed by atoms with E-state index in [1.807, 2.05) is 6.92 Å². The first-order valence-corrected chi connectivity index (χ1v) is 8.36. The summed E-state index contributed by atoms with van der Waals surface area (Å²) in [7, 11) is -3.99. The molecule has 0 bridgehead atoms. The highest BCUT2D eigenvalue weighted by Gasteiger charge is 2.45. The van der Waals surface area contributed by atoms with E-state index in [4.69, 9.17) is 4.52 Å². The summed E-state index contributed by atoms with van der Waals surface area (Å²) in [4.78, 5) is 11.6. The quantitative estimate of drug-likeness (QED) is 0.873. The molecule has 0 aliphatic heterocycles. The van der Waals surface area contributed by atoms with E-state index < -0.39 is 21.5 Å². The Labute approximate surface area is 123 Å². The molecule has 8 heteroatoms. The Balaban J connectivity index is 2.35. The minimum Gasteiger partial charge on any atom is -0.480 e. The van der Waals surface area contributed by atoms with Gasteiger partial charge in [0.25, 0.3) is 0 Å². The Morgan fingerprint density at radius 2 is 1.95 bits per heavy atom. The SMILES string of the molecule is Cc1noc(C)c1S(=O)(=O)NC1(C(=O)O)CCC(C)CC1. The maximum atomic E-state index is 12.5. The average molecular weight is 316 g/mol. The van der Waals surface area contributed by atoms with Crippen molar-refractivity contribution < 1.29 is 22.8 Å². The van der Waals surface area contributed by atoms with Crippen molar-refractivity contribution in [1.29, 1.82) is 0 Å². The van der Waals surface area contributed by atoms with Gasteiger partial charge in [0.1, 0.15) is 16.1 Å². The van der Waals surface area contributed by atoms with E-state index in [-0.39, 0.29) is 29.2 Å². The molecule has 21 heavy (non-hydrogen) atoms. The summed E-state index contributed by atoms with van der Waals surface area (Å²) in [5.74, 6) is -0.574. The van der Waals surface area contributed by atoms with Crippen molar-refractivity contribution >= 4 is 16.0 Å². The predicted molar refractivity (Wildman–Crippen MR) is 74.3 cm³/mol. The fraction of sp³-hybridized carbons (Fsp3) is 0.692. The number of carboxylic acids is 1. The summed E-state index contributed by atoms with van der Waals surface area (Å²) in [6.07, 6.45) is 1.92. The lowest BCUT2D eigenvalue weighted by Crippen LogP contribution is -2.56. The molecule has 0 spiro atoms. The van der Waals surface area contributed by atoms with Gasteiger partial charge in [0.05, 0.1) is 0 Å². The maximum absolute atomic E-state index is 12.5. The molecule has 7 nitrogen and oxygen atoms in total. The third-order valence-electron chi connectivity index (χ3n) is 4.10. The molecule has 118 valence electrons. The van der Waals surface area contributed by atoms with Gasteiger partial charge in [-0.2, -0.15) is 4.72 Å². The molecule has 1 aromatic rings. The minimum absolute atomic E-state index is 0.0678. The van der Waals surface area contributed by atoms with E-state index >= 15 is 0 Å². The molecule has 1 fully saturated rings. The number of carboxylic acid groups (broad SMARTS) is 1. The van der Waals surface area contributed by atoms with Crippen LogP contribution in [0.3, 0.4) is 0 Å². The number of hydrogen-bond acceptors (Lipinski definition) is 5. The molecule has 0 unspecified atom stereocenters. The van der Waals surface area contributed by atoms with Crippen molar-refractivity contribution in [3.05, 3.63) is 11.5 Å². The van der Waals surface area contributed by atoms with E-state index in [1.165, 1.54) is 13.8 Å². The Morgan fingerprint density at radius 1 is 1.38 bits per heavy atom. The smallest absolute Gasteiger partial charge is 0.324 e. The number of rotatable bonds is 4. The van der Waals surface area contributed by atoms with E-state index in [2.05, 4.69) is 9.88 Å². The zero-order chi connectivity index (χ0) is 15.8. The van der Waals surface area contributed by atoms with Gasteiger partial charge in [-0.3, -0.25) is 4.79 Å². The lowest BCUT2D eigenvalue weighted by atomic mass is 9.78. The molecule has 0 aromatic carbocycles. The normalized spacial score (nSPS) is 26.7. The maximum Gasteiger partial charge on any atom is 0.324 e. The van der Waals surface area contributed by atoms with Crippen LogP contribution < -0.4 is 4.72 Å².